The average molecular weight is 198 g/mol. The van der Waals surface area contributed by atoms with Crippen LogP contribution >= 0.6 is 0 Å². The predicted octanol–water partition coefficient (Wildman–Crippen LogP) is 2.51. The summed E-state index contributed by atoms with van der Waals surface area (Å²) < 4.78 is 0. The van der Waals surface area contributed by atoms with E-state index in [1.54, 1.807) is 0 Å². The van der Waals surface area contributed by atoms with Gasteiger partial charge in [-0.15, -0.1) is 6.58 Å². The Morgan fingerprint density at radius 3 is 3.07 bits per heavy atom. The van der Waals surface area contributed by atoms with Crippen LogP contribution in [0.25, 0.3) is 10.8 Å². The van der Waals surface area contributed by atoms with E-state index in [0.717, 1.165) is 13.1 Å². The molecular weight excluding hydrogens is 184 g/mol. The van der Waals surface area contributed by atoms with Crippen LogP contribution in [0.3, 0.4) is 0 Å². The van der Waals surface area contributed by atoms with Crippen molar-refractivity contribution in [1.82, 2.24) is 10.3 Å². The second-order valence-corrected chi connectivity index (χ2v) is 3.48. The molecule has 0 bridgehead atoms. The lowest BCUT2D eigenvalue weighted by molar-refractivity contribution is 0.761. The summed E-state index contributed by atoms with van der Waals surface area (Å²) in [7, 11) is 0. The van der Waals surface area contributed by atoms with Crippen LogP contribution in [-0.2, 0) is 6.54 Å². The van der Waals surface area contributed by atoms with Gasteiger partial charge in [0, 0.05) is 30.9 Å². The summed E-state index contributed by atoms with van der Waals surface area (Å²) in [5, 5.41) is 5.71. The van der Waals surface area contributed by atoms with Gasteiger partial charge >= 0.3 is 0 Å². The van der Waals surface area contributed by atoms with E-state index in [2.05, 4.69) is 35.1 Å². The highest BCUT2D eigenvalue weighted by molar-refractivity contribution is 5.81. The number of pyridine rings is 1. The van der Waals surface area contributed by atoms with Crippen molar-refractivity contribution in [2.24, 2.45) is 0 Å². The fourth-order valence-electron chi connectivity index (χ4n) is 1.56. The Morgan fingerprint density at radius 1 is 1.27 bits per heavy atom. The normalized spacial score (nSPS) is 10.4. The van der Waals surface area contributed by atoms with Gasteiger partial charge in [0.2, 0.25) is 0 Å². The van der Waals surface area contributed by atoms with Crippen LogP contribution in [-0.4, -0.2) is 11.5 Å². The van der Waals surface area contributed by atoms with E-state index in [9.17, 15) is 0 Å². The summed E-state index contributed by atoms with van der Waals surface area (Å²) >= 11 is 0. The highest BCUT2D eigenvalue weighted by Gasteiger charge is 1.95. The third-order valence-corrected chi connectivity index (χ3v) is 2.32. The molecule has 0 aliphatic heterocycles. The number of hydrogen-bond acceptors (Lipinski definition) is 2. The Labute approximate surface area is 89.7 Å². The van der Waals surface area contributed by atoms with Crippen molar-refractivity contribution in [1.29, 1.82) is 0 Å². The van der Waals surface area contributed by atoms with Gasteiger partial charge in [-0.2, -0.15) is 0 Å². The fraction of sp³-hybridized carbons (Fsp3) is 0.154. The Bertz CT molecular complexity index is 463. The monoisotopic (exact) mass is 198 g/mol. The smallest absolute Gasteiger partial charge is 0.0346 e. The van der Waals surface area contributed by atoms with E-state index < -0.39 is 0 Å². The highest BCUT2D eigenvalue weighted by atomic mass is 14.8. The van der Waals surface area contributed by atoms with Crippen LogP contribution in [0.1, 0.15) is 5.56 Å². The fourth-order valence-corrected chi connectivity index (χ4v) is 1.56. The van der Waals surface area contributed by atoms with Gasteiger partial charge in [-0.1, -0.05) is 18.2 Å². The molecule has 1 N–H and O–H groups in total. The minimum absolute atomic E-state index is 0.842. The molecule has 2 rings (SSSR count). The average Bonchev–Trinajstić information content (AvgIpc) is 2.29. The molecule has 0 spiro atoms. The zero-order valence-corrected chi connectivity index (χ0v) is 8.61. The second kappa shape index (κ2) is 4.71. The van der Waals surface area contributed by atoms with Crippen molar-refractivity contribution in [2.45, 2.75) is 6.54 Å². The van der Waals surface area contributed by atoms with Crippen LogP contribution in [0, 0.1) is 0 Å². The standard InChI is InChI=1S/C13H14N2/c1-2-6-14-9-11-3-4-13-10-15-7-5-12(13)8-11/h2-5,7-8,10,14H,1,6,9H2. The molecule has 0 amide bonds. The van der Waals surface area contributed by atoms with Gasteiger partial charge in [0.25, 0.3) is 0 Å². The van der Waals surface area contributed by atoms with E-state index >= 15 is 0 Å². The molecule has 0 saturated carbocycles. The summed E-state index contributed by atoms with van der Waals surface area (Å²) in [6.45, 7) is 5.39. The molecule has 76 valence electrons. The number of hydrogen-bond donors (Lipinski definition) is 1. The van der Waals surface area contributed by atoms with Crippen LogP contribution in [0.4, 0.5) is 0 Å². The number of fused-ring (bicyclic) bond motifs is 1. The largest absolute Gasteiger partial charge is 0.309 e. The first-order valence-corrected chi connectivity index (χ1v) is 5.04. The molecule has 0 aliphatic rings. The van der Waals surface area contributed by atoms with Crippen molar-refractivity contribution in [3.8, 4) is 0 Å². The third-order valence-electron chi connectivity index (χ3n) is 2.32. The summed E-state index contributed by atoms with van der Waals surface area (Å²) in [6.07, 6.45) is 5.57. The molecule has 1 aromatic heterocycles. The molecular formula is C13H14N2. The van der Waals surface area contributed by atoms with E-state index in [4.69, 9.17) is 0 Å². The van der Waals surface area contributed by atoms with E-state index in [-0.39, 0.29) is 0 Å². The molecule has 0 unspecified atom stereocenters. The van der Waals surface area contributed by atoms with Gasteiger partial charge in [0.05, 0.1) is 0 Å². The second-order valence-electron chi connectivity index (χ2n) is 3.48. The van der Waals surface area contributed by atoms with E-state index in [1.807, 2.05) is 24.5 Å². The number of aromatic nitrogens is 1. The molecule has 0 fully saturated rings. The van der Waals surface area contributed by atoms with E-state index in [0.29, 0.717) is 0 Å². The zero-order chi connectivity index (χ0) is 10.5. The molecule has 0 saturated heterocycles. The Hall–Kier alpha value is -1.67. The van der Waals surface area contributed by atoms with Crippen molar-refractivity contribution < 1.29 is 0 Å². The topological polar surface area (TPSA) is 24.9 Å². The SMILES string of the molecule is C=CCNCc1ccc2cnccc2c1. The molecule has 1 aromatic carbocycles. The first-order chi connectivity index (χ1) is 7.40. The van der Waals surface area contributed by atoms with Gasteiger partial charge in [0.1, 0.15) is 0 Å². The Balaban J connectivity index is 2.19. The minimum atomic E-state index is 0.842. The van der Waals surface area contributed by atoms with Crippen LogP contribution in [0.5, 0.6) is 0 Å². The molecule has 2 heteroatoms. The molecule has 15 heavy (non-hydrogen) atoms. The maximum absolute atomic E-state index is 4.09. The van der Waals surface area contributed by atoms with Crippen molar-refractivity contribution in [3.63, 3.8) is 0 Å². The summed E-state index contributed by atoms with van der Waals surface area (Å²) in [6, 6.07) is 8.45. The maximum atomic E-state index is 4.09. The predicted molar refractivity (Wildman–Crippen MR) is 63.6 cm³/mol. The van der Waals surface area contributed by atoms with Crippen molar-refractivity contribution >= 4 is 10.8 Å². The molecule has 0 aliphatic carbocycles. The minimum Gasteiger partial charge on any atom is -0.309 e. The van der Waals surface area contributed by atoms with E-state index in [1.165, 1.54) is 16.3 Å². The van der Waals surface area contributed by atoms with Gasteiger partial charge in [-0.05, 0) is 23.1 Å². The van der Waals surface area contributed by atoms with Crippen LogP contribution < -0.4 is 5.32 Å². The summed E-state index contributed by atoms with van der Waals surface area (Å²) in [5.41, 5.74) is 1.29. The third kappa shape index (κ3) is 2.42. The van der Waals surface area contributed by atoms with Gasteiger partial charge in [-0.3, -0.25) is 4.98 Å². The van der Waals surface area contributed by atoms with Gasteiger partial charge in [-0.25, -0.2) is 0 Å². The number of nitrogens with one attached hydrogen (secondary N) is 1. The van der Waals surface area contributed by atoms with Crippen LogP contribution in [0.2, 0.25) is 0 Å². The van der Waals surface area contributed by atoms with Gasteiger partial charge in [0.15, 0.2) is 0 Å². The molecule has 1 heterocycles. The Kier molecular flexibility index (Phi) is 3.10. The lowest BCUT2D eigenvalue weighted by Gasteiger charge is -2.03. The number of nitrogens with zero attached hydrogens (tertiary/aromatic N) is 1. The Morgan fingerprint density at radius 2 is 2.20 bits per heavy atom. The van der Waals surface area contributed by atoms with Crippen molar-refractivity contribution in [2.75, 3.05) is 6.54 Å². The quantitative estimate of drug-likeness (QED) is 0.603. The molecule has 2 nitrogen and oxygen atoms in total. The lowest BCUT2D eigenvalue weighted by Crippen LogP contribution is -2.12. The van der Waals surface area contributed by atoms with Crippen molar-refractivity contribution in [3.05, 3.63) is 54.9 Å². The molecule has 0 radical (unpaired) electrons. The number of benzene rings is 1. The van der Waals surface area contributed by atoms with Crippen LogP contribution in [0.15, 0.2) is 49.3 Å². The molecule has 0 atom stereocenters. The maximum Gasteiger partial charge on any atom is 0.0346 e. The lowest BCUT2D eigenvalue weighted by atomic mass is 10.1. The summed E-state index contributed by atoms with van der Waals surface area (Å²) in [5.74, 6) is 0. The highest BCUT2D eigenvalue weighted by Crippen LogP contribution is 2.14. The number of rotatable bonds is 4. The summed E-state index contributed by atoms with van der Waals surface area (Å²) in [4.78, 5) is 4.09. The molecule has 2 aromatic rings. The first-order valence-electron chi connectivity index (χ1n) is 5.04. The van der Waals surface area contributed by atoms with Gasteiger partial charge < -0.3 is 5.32 Å². The first kappa shape index (κ1) is 9.87. The zero-order valence-electron chi connectivity index (χ0n) is 8.61.